The summed E-state index contributed by atoms with van der Waals surface area (Å²) in [6.07, 6.45) is 6.20. The van der Waals surface area contributed by atoms with Crippen LogP contribution >= 0.6 is 0 Å². The van der Waals surface area contributed by atoms with Crippen LogP contribution in [0.25, 0.3) is 11.1 Å². The Kier molecular flexibility index (Phi) is 3.56. The fourth-order valence-electron chi connectivity index (χ4n) is 2.60. The molecule has 19 heavy (non-hydrogen) atoms. The zero-order valence-corrected chi connectivity index (χ0v) is 11.3. The van der Waals surface area contributed by atoms with E-state index in [1.807, 2.05) is 12.4 Å². The highest BCUT2D eigenvalue weighted by Crippen LogP contribution is 2.24. The lowest BCUT2D eigenvalue weighted by molar-refractivity contribution is 0.445. The molecule has 1 aromatic heterocycles. The molecule has 0 unspecified atom stereocenters. The summed E-state index contributed by atoms with van der Waals surface area (Å²) in [6.45, 7) is 4.26. The van der Waals surface area contributed by atoms with Gasteiger partial charge in [-0.1, -0.05) is 29.8 Å². The minimum atomic E-state index is 0.521. The molecule has 0 amide bonds. The van der Waals surface area contributed by atoms with Crippen LogP contribution in [0.4, 0.5) is 0 Å². The third-order valence-corrected chi connectivity index (χ3v) is 3.73. The molecule has 1 N–H and O–H groups in total. The molecule has 0 atom stereocenters. The van der Waals surface area contributed by atoms with Gasteiger partial charge in [0.15, 0.2) is 0 Å². The van der Waals surface area contributed by atoms with Crippen molar-refractivity contribution in [2.75, 3.05) is 13.1 Å². The third-order valence-electron chi connectivity index (χ3n) is 3.73. The van der Waals surface area contributed by atoms with Gasteiger partial charge in [0.25, 0.3) is 0 Å². The minimum absolute atomic E-state index is 0.521. The van der Waals surface area contributed by atoms with Crippen LogP contribution in [0.1, 0.15) is 30.1 Å². The first kappa shape index (κ1) is 12.3. The molecule has 0 radical (unpaired) electrons. The second kappa shape index (κ2) is 5.49. The molecule has 1 aliphatic rings. The molecule has 0 spiro atoms. The third kappa shape index (κ3) is 2.82. The summed E-state index contributed by atoms with van der Waals surface area (Å²) in [7, 11) is 0. The number of aryl methyl sites for hydroxylation is 1. The Hall–Kier alpha value is -1.74. The largest absolute Gasteiger partial charge is 0.317 e. The Morgan fingerprint density at radius 2 is 1.79 bits per heavy atom. The van der Waals surface area contributed by atoms with Crippen LogP contribution in [0, 0.1) is 6.92 Å². The van der Waals surface area contributed by atoms with Crippen LogP contribution in [0.3, 0.4) is 0 Å². The topological polar surface area (TPSA) is 37.8 Å². The van der Waals surface area contributed by atoms with Gasteiger partial charge in [0.1, 0.15) is 5.82 Å². The van der Waals surface area contributed by atoms with Gasteiger partial charge < -0.3 is 5.32 Å². The summed E-state index contributed by atoms with van der Waals surface area (Å²) in [5.74, 6) is 1.52. The van der Waals surface area contributed by atoms with Gasteiger partial charge in [-0.15, -0.1) is 0 Å². The fourth-order valence-corrected chi connectivity index (χ4v) is 2.60. The quantitative estimate of drug-likeness (QED) is 0.894. The summed E-state index contributed by atoms with van der Waals surface area (Å²) in [6, 6.07) is 8.46. The van der Waals surface area contributed by atoms with Gasteiger partial charge >= 0.3 is 0 Å². The lowest BCUT2D eigenvalue weighted by Crippen LogP contribution is -2.27. The highest BCUT2D eigenvalue weighted by atomic mass is 14.9. The minimum Gasteiger partial charge on any atom is -0.317 e. The standard InChI is InChI=1S/C16H19N3/c1-12-3-2-4-14(9-12)15-10-18-16(19-11-15)13-5-7-17-8-6-13/h2-4,9-11,13,17H,5-8H2,1H3. The van der Waals surface area contributed by atoms with Crippen molar-refractivity contribution in [2.45, 2.75) is 25.7 Å². The fraction of sp³-hybridized carbons (Fsp3) is 0.375. The maximum absolute atomic E-state index is 4.57. The van der Waals surface area contributed by atoms with Crippen LogP contribution in [-0.4, -0.2) is 23.1 Å². The average Bonchev–Trinajstić information content (AvgIpc) is 2.48. The molecule has 98 valence electrons. The van der Waals surface area contributed by atoms with E-state index in [0.29, 0.717) is 5.92 Å². The van der Waals surface area contributed by atoms with Crippen molar-refractivity contribution < 1.29 is 0 Å². The molecular weight excluding hydrogens is 234 g/mol. The normalized spacial score (nSPS) is 16.5. The van der Waals surface area contributed by atoms with Crippen LogP contribution in [0.2, 0.25) is 0 Å². The number of hydrogen-bond acceptors (Lipinski definition) is 3. The van der Waals surface area contributed by atoms with E-state index >= 15 is 0 Å². The Bertz CT molecular complexity index is 542. The van der Waals surface area contributed by atoms with E-state index in [1.165, 1.54) is 11.1 Å². The molecule has 1 saturated heterocycles. The molecule has 1 fully saturated rings. The van der Waals surface area contributed by atoms with Crippen molar-refractivity contribution in [1.82, 2.24) is 15.3 Å². The zero-order chi connectivity index (χ0) is 13.1. The van der Waals surface area contributed by atoms with Crippen molar-refractivity contribution in [3.05, 3.63) is 48.0 Å². The van der Waals surface area contributed by atoms with Crippen LogP contribution in [0.5, 0.6) is 0 Å². The van der Waals surface area contributed by atoms with Gasteiger partial charge in [-0.2, -0.15) is 0 Å². The van der Waals surface area contributed by atoms with Gasteiger partial charge in [-0.05, 0) is 38.4 Å². The highest BCUT2D eigenvalue weighted by Gasteiger charge is 2.17. The van der Waals surface area contributed by atoms with Crippen LogP contribution in [-0.2, 0) is 0 Å². The Balaban J connectivity index is 1.82. The second-order valence-electron chi connectivity index (χ2n) is 5.22. The van der Waals surface area contributed by atoms with E-state index in [9.17, 15) is 0 Å². The molecule has 0 bridgehead atoms. The van der Waals surface area contributed by atoms with Gasteiger partial charge in [-0.3, -0.25) is 0 Å². The molecule has 3 heteroatoms. The lowest BCUT2D eigenvalue weighted by atomic mass is 9.97. The number of benzene rings is 1. The first-order chi connectivity index (χ1) is 9.33. The van der Waals surface area contributed by atoms with Gasteiger partial charge in [0.2, 0.25) is 0 Å². The monoisotopic (exact) mass is 253 g/mol. The molecule has 1 aliphatic heterocycles. The number of nitrogens with zero attached hydrogens (tertiary/aromatic N) is 2. The van der Waals surface area contributed by atoms with E-state index in [-0.39, 0.29) is 0 Å². The predicted octanol–water partition coefficient (Wildman–Crippen LogP) is 2.92. The maximum Gasteiger partial charge on any atom is 0.131 e. The molecule has 0 saturated carbocycles. The molecule has 1 aromatic carbocycles. The molecule has 3 rings (SSSR count). The SMILES string of the molecule is Cc1cccc(-c2cnc(C3CCNCC3)nc2)c1. The Morgan fingerprint density at radius 1 is 1.05 bits per heavy atom. The summed E-state index contributed by atoms with van der Waals surface area (Å²) in [4.78, 5) is 9.14. The highest BCUT2D eigenvalue weighted by molar-refractivity contribution is 5.62. The van der Waals surface area contributed by atoms with Crippen LogP contribution < -0.4 is 5.32 Å². The van der Waals surface area contributed by atoms with E-state index in [2.05, 4.69) is 46.5 Å². The van der Waals surface area contributed by atoms with Crippen molar-refractivity contribution >= 4 is 0 Å². The molecule has 3 nitrogen and oxygen atoms in total. The van der Waals surface area contributed by atoms with Crippen molar-refractivity contribution in [1.29, 1.82) is 0 Å². The van der Waals surface area contributed by atoms with E-state index in [1.54, 1.807) is 0 Å². The van der Waals surface area contributed by atoms with Crippen molar-refractivity contribution in [2.24, 2.45) is 0 Å². The molecular formula is C16H19N3. The van der Waals surface area contributed by atoms with Gasteiger partial charge in [-0.25, -0.2) is 9.97 Å². The average molecular weight is 253 g/mol. The summed E-state index contributed by atoms with van der Waals surface area (Å²) >= 11 is 0. The Morgan fingerprint density at radius 3 is 2.47 bits per heavy atom. The number of nitrogens with one attached hydrogen (secondary N) is 1. The van der Waals surface area contributed by atoms with E-state index in [0.717, 1.165) is 37.3 Å². The van der Waals surface area contributed by atoms with Gasteiger partial charge in [0, 0.05) is 23.9 Å². The van der Waals surface area contributed by atoms with Crippen LogP contribution in [0.15, 0.2) is 36.7 Å². The van der Waals surface area contributed by atoms with E-state index in [4.69, 9.17) is 0 Å². The molecule has 2 aromatic rings. The molecule has 0 aliphatic carbocycles. The van der Waals surface area contributed by atoms with Crippen molar-refractivity contribution in [3.8, 4) is 11.1 Å². The summed E-state index contributed by atoms with van der Waals surface area (Å²) < 4.78 is 0. The summed E-state index contributed by atoms with van der Waals surface area (Å²) in [5, 5.41) is 3.37. The first-order valence-electron chi connectivity index (χ1n) is 6.92. The predicted molar refractivity (Wildman–Crippen MR) is 77.0 cm³/mol. The number of rotatable bonds is 2. The number of piperidine rings is 1. The number of hydrogen-bond donors (Lipinski definition) is 1. The zero-order valence-electron chi connectivity index (χ0n) is 11.3. The lowest BCUT2D eigenvalue weighted by Gasteiger charge is -2.21. The molecule has 2 heterocycles. The van der Waals surface area contributed by atoms with Gasteiger partial charge in [0.05, 0.1) is 0 Å². The maximum atomic E-state index is 4.57. The summed E-state index contributed by atoms with van der Waals surface area (Å²) in [5.41, 5.74) is 3.55. The first-order valence-corrected chi connectivity index (χ1v) is 6.92. The smallest absolute Gasteiger partial charge is 0.131 e. The Labute approximate surface area is 114 Å². The second-order valence-corrected chi connectivity index (χ2v) is 5.22. The number of aromatic nitrogens is 2. The van der Waals surface area contributed by atoms with E-state index < -0.39 is 0 Å². The van der Waals surface area contributed by atoms with Crippen molar-refractivity contribution in [3.63, 3.8) is 0 Å².